The van der Waals surface area contributed by atoms with Crippen LogP contribution in [-0.2, 0) is 0 Å². The average Bonchev–Trinajstić information content (AvgIpc) is 2.91. The van der Waals surface area contributed by atoms with Crippen LogP contribution in [0.2, 0.25) is 0 Å². The van der Waals surface area contributed by atoms with Crippen LogP contribution >= 0.6 is 12.4 Å². The molecule has 21 heavy (non-hydrogen) atoms. The molecule has 5 heteroatoms. The van der Waals surface area contributed by atoms with Gasteiger partial charge in [-0.1, -0.05) is 12.1 Å². The molecule has 0 aliphatic carbocycles. The first-order chi connectivity index (χ1) is 9.72. The Bertz CT molecular complexity index is 991. The van der Waals surface area contributed by atoms with Gasteiger partial charge in [-0.15, -0.1) is 12.4 Å². The topological polar surface area (TPSA) is 66.0 Å². The summed E-state index contributed by atoms with van der Waals surface area (Å²) in [6.45, 7) is 0. The van der Waals surface area contributed by atoms with Gasteiger partial charge in [0.25, 0.3) is 0 Å². The highest BCUT2D eigenvalue weighted by molar-refractivity contribution is 6.10. The molecular formula is C16H11ClN2O2. The summed E-state index contributed by atoms with van der Waals surface area (Å²) in [6.07, 6.45) is 3.31. The maximum Gasteiger partial charge on any atom is 0.337 e. The molecule has 0 saturated carbocycles. The van der Waals surface area contributed by atoms with Crippen LogP contribution in [-0.4, -0.2) is 21.0 Å². The Hall–Kier alpha value is -2.59. The molecule has 0 fully saturated rings. The number of carbonyl (C=O) groups is 1. The zero-order valence-electron chi connectivity index (χ0n) is 10.8. The molecule has 0 atom stereocenters. The standard InChI is InChI=1S/C16H10N2O2.ClH/c19-16(20)12-5-11-2-1-9-7-14-10(3-4-17-14)6-13(9)15(11)18-8-12;/h1-8,17H,(H,19,20);1H. The molecule has 0 unspecified atom stereocenters. The number of rotatable bonds is 1. The van der Waals surface area contributed by atoms with Gasteiger partial charge < -0.3 is 10.1 Å². The molecule has 0 radical (unpaired) electrons. The Balaban J connectivity index is 0.00000132. The number of nitrogens with one attached hydrogen (secondary N) is 1. The van der Waals surface area contributed by atoms with Gasteiger partial charge >= 0.3 is 5.97 Å². The van der Waals surface area contributed by atoms with Gasteiger partial charge in [0.05, 0.1) is 11.1 Å². The van der Waals surface area contributed by atoms with Crippen molar-refractivity contribution in [2.45, 2.75) is 0 Å². The first-order valence-electron chi connectivity index (χ1n) is 6.25. The van der Waals surface area contributed by atoms with Crippen LogP contribution in [0.4, 0.5) is 0 Å². The van der Waals surface area contributed by atoms with Crippen molar-refractivity contribution in [2.75, 3.05) is 0 Å². The predicted octanol–water partition coefficient (Wildman–Crippen LogP) is 3.99. The van der Waals surface area contributed by atoms with Gasteiger partial charge in [-0.2, -0.15) is 0 Å². The van der Waals surface area contributed by atoms with Crippen LogP contribution in [0.1, 0.15) is 10.4 Å². The predicted molar refractivity (Wildman–Crippen MR) is 85.3 cm³/mol. The van der Waals surface area contributed by atoms with Crippen molar-refractivity contribution in [1.29, 1.82) is 0 Å². The zero-order valence-corrected chi connectivity index (χ0v) is 11.6. The van der Waals surface area contributed by atoms with Crippen molar-refractivity contribution in [3.8, 4) is 0 Å². The first-order valence-corrected chi connectivity index (χ1v) is 6.25. The highest BCUT2D eigenvalue weighted by Crippen LogP contribution is 2.28. The van der Waals surface area contributed by atoms with E-state index in [1.807, 2.05) is 24.4 Å². The van der Waals surface area contributed by atoms with Crippen molar-refractivity contribution in [1.82, 2.24) is 9.97 Å². The fraction of sp³-hybridized carbons (Fsp3) is 0. The normalized spacial score (nSPS) is 10.9. The molecule has 4 rings (SSSR count). The number of H-pyrrole nitrogens is 1. The molecule has 0 saturated heterocycles. The molecule has 2 aromatic carbocycles. The minimum Gasteiger partial charge on any atom is -0.478 e. The molecule has 4 nitrogen and oxygen atoms in total. The summed E-state index contributed by atoms with van der Waals surface area (Å²) in [5, 5.41) is 13.1. The van der Waals surface area contributed by atoms with E-state index in [1.165, 1.54) is 6.20 Å². The molecule has 2 aromatic heterocycles. The number of halogens is 1. The van der Waals surface area contributed by atoms with Gasteiger partial charge in [-0.3, -0.25) is 4.98 Å². The number of aromatic nitrogens is 2. The van der Waals surface area contributed by atoms with Crippen molar-refractivity contribution in [2.24, 2.45) is 0 Å². The van der Waals surface area contributed by atoms with E-state index in [-0.39, 0.29) is 18.0 Å². The van der Waals surface area contributed by atoms with Crippen molar-refractivity contribution in [3.05, 3.63) is 54.4 Å². The molecule has 2 N–H and O–H groups in total. The fourth-order valence-corrected chi connectivity index (χ4v) is 2.59. The first kappa shape index (κ1) is 13.4. The number of carboxylic acid groups (broad SMARTS) is 1. The van der Waals surface area contributed by atoms with Gasteiger partial charge in [-0.05, 0) is 29.7 Å². The third-order valence-corrected chi connectivity index (χ3v) is 3.59. The highest BCUT2D eigenvalue weighted by Gasteiger charge is 2.08. The van der Waals surface area contributed by atoms with Crippen LogP contribution in [0.3, 0.4) is 0 Å². The largest absolute Gasteiger partial charge is 0.478 e. The second-order valence-electron chi connectivity index (χ2n) is 4.80. The van der Waals surface area contributed by atoms with E-state index >= 15 is 0 Å². The third kappa shape index (κ3) is 2.00. The lowest BCUT2D eigenvalue weighted by Crippen LogP contribution is -1.97. The number of aromatic carboxylic acids is 1. The summed E-state index contributed by atoms with van der Waals surface area (Å²) in [7, 11) is 0. The summed E-state index contributed by atoms with van der Waals surface area (Å²) >= 11 is 0. The lowest BCUT2D eigenvalue weighted by atomic mass is 10.0. The van der Waals surface area contributed by atoms with Crippen LogP contribution in [0.15, 0.2) is 48.8 Å². The molecular weight excluding hydrogens is 288 g/mol. The number of pyridine rings is 1. The van der Waals surface area contributed by atoms with Crippen LogP contribution in [0.5, 0.6) is 0 Å². The van der Waals surface area contributed by atoms with E-state index in [4.69, 9.17) is 5.11 Å². The summed E-state index contributed by atoms with van der Waals surface area (Å²) in [6, 6.07) is 11.7. The highest BCUT2D eigenvalue weighted by atomic mass is 35.5. The van der Waals surface area contributed by atoms with E-state index < -0.39 is 5.97 Å². The Morgan fingerprint density at radius 1 is 1.05 bits per heavy atom. The minimum atomic E-state index is -0.958. The molecule has 0 amide bonds. The van der Waals surface area contributed by atoms with Crippen molar-refractivity contribution in [3.63, 3.8) is 0 Å². The molecule has 2 heterocycles. The minimum absolute atomic E-state index is 0. The van der Waals surface area contributed by atoms with E-state index in [1.54, 1.807) is 6.07 Å². The second kappa shape index (κ2) is 4.75. The van der Waals surface area contributed by atoms with E-state index in [9.17, 15) is 4.79 Å². The lowest BCUT2D eigenvalue weighted by molar-refractivity contribution is 0.0696. The van der Waals surface area contributed by atoms with Gasteiger partial charge in [0.2, 0.25) is 0 Å². The number of hydrogen-bond donors (Lipinski definition) is 2. The van der Waals surface area contributed by atoms with Crippen LogP contribution in [0, 0.1) is 0 Å². The van der Waals surface area contributed by atoms with Gasteiger partial charge in [0, 0.05) is 34.1 Å². The third-order valence-electron chi connectivity index (χ3n) is 3.59. The number of aromatic amines is 1. The molecule has 0 bridgehead atoms. The number of benzene rings is 2. The number of hydrogen-bond acceptors (Lipinski definition) is 2. The van der Waals surface area contributed by atoms with Gasteiger partial charge in [0.1, 0.15) is 0 Å². The molecule has 104 valence electrons. The van der Waals surface area contributed by atoms with Gasteiger partial charge in [0.15, 0.2) is 0 Å². The number of nitrogens with zero attached hydrogens (tertiary/aromatic N) is 1. The molecule has 0 aliphatic heterocycles. The van der Waals surface area contributed by atoms with Crippen LogP contribution < -0.4 is 0 Å². The Kier molecular flexibility index (Phi) is 3.03. The fourth-order valence-electron chi connectivity index (χ4n) is 2.59. The van der Waals surface area contributed by atoms with E-state index in [0.29, 0.717) is 0 Å². The monoisotopic (exact) mass is 298 g/mol. The second-order valence-corrected chi connectivity index (χ2v) is 4.80. The molecule has 4 aromatic rings. The lowest BCUT2D eigenvalue weighted by Gasteiger charge is -2.04. The summed E-state index contributed by atoms with van der Waals surface area (Å²) in [5.74, 6) is -0.958. The Labute approximate surface area is 125 Å². The maximum absolute atomic E-state index is 11.0. The number of carboxylic acids is 1. The van der Waals surface area contributed by atoms with Gasteiger partial charge in [-0.25, -0.2) is 4.79 Å². The Morgan fingerprint density at radius 2 is 1.86 bits per heavy atom. The zero-order chi connectivity index (χ0) is 13.7. The quantitative estimate of drug-likeness (QED) is 0.522. The van der Waals surface area contributed by atoms with E-state index in [2.05, 4.69) is 22.1 Å². The molecule has 0 aliphatic rings. The van der Waals surface area contributed by atoms with E-state index in [0.717, 1.165) is 32.6 Å². The smallest absolute Gasteiger partial charge is 0.337 e. The van der Waals surface area contributed by atoms with Crippen molar-refractivity contribution < 1.29 is 9.90 Å². The molecule has 0 spiro atoms. The number of fused-ring (bicyclic) bond motifs is 4. The average molecular weight is 299 g/mol. The summed E-state index contributed by atoms with van der Waals surface area (Å²) in [5.41, 5.74) is 2.12. The Morgan fingerprint density at radius 3 is 2.67 bits per heavy atom. The SMILES string of the molecule is Cl.O=C(O)c1cnc2c(ccc3cc4[nH]ccc4cc32)c1. The summed E-state index contributed by atoms with van der Waals surface area (Å²) in [4.78, 5) is 18.5. The maximum atomic E-state index is 11.0. The van der Waals surface area contributed by atoms with Crippen molar-refractivity contribution >= 4 is 51.0 Å². The summed E-state index contributed by atoms with van der Waals surface area (Å²) < 4.78 is 0. The van der Waals surface area contributed by atoms with Crippen LogP contribution in [0.25, 0.3) is 32.6 Å².